The van der Waals surface area contributed by atoms with Gasteiger partial charge in [0.1, 0.15) is 6.04 Å². The van der Waals surface area contributed by atoms with E-state index >= 15 is 0 Å². The molecule has 0 bridgehead atoms. The molecule has 3 aliphatic rings. The Hall–Kier alpha value is -1.21. The van der Waals surface area contributed by atoms with Crippen molar-refractivity contribution in [2.45, 2.75) is 37.4 Å². The molecule has 0 saturated carbocycles. The number of carbonyl (C=O) groups excluding carboxylic acids is 1. The van der Waals surface area contributed by atoms with Gasteiger partial charge >= 0.3 is 0 Å². The molecule has 3 fully saturated rings. The molecule has 7 heteroatoms. The van der Waals surface area contributed by atoms with Crippen molar-refractivity contribution in [1.29, 1.82) is 0 Å². The van der Waals surface area contributed by atoms with Gasteiger partial charge in [0.05, 0.1) is 6.04 Å². The molecule has 4 rings (SSSR count). The summed E-state index contributed by atoms with van der Waals surface area (Å²) in [7, 11) is 0. The zero-order valence-corrected chi connectivity index (χ0v) is 13.9. The number of nitrogens with zero attached hydrogens (tertiary/aromatic N) is 2. The maximum atomic E-state index is 13.1. The predicted molar refractivity (Wildman–Crippen MR) is 90.0 cm³/mol. The molecule has 0 aliphatic carbocycles. The van der Waals surface area contributed by atoms with Crippen LogP contribution < -0.4 is 16.2 Å². The number of hydrogen-bond acceptors (Lipinski definition) is 5. The summed E-state index contributed by atoms with van der Waals surface area (Å²) < 4.78 is 0. The monoisotopic (exact) mass is 337 g/mol. The van der Waals surface area contributed by atoms with E-state index in [-0.39, 0.29) is 30.4 Å². The number of hydrogen-bond donors (Lipinski definition) is 3. The number of hydrazine groups is 1. The predicted octanol–water partition coefficient (Wildman–Crippen LogP) is 0.621. The summed E-state index contributed by atoms with van der Waals surface area (Å²) in [5, 5.41) is 3.42. The lowest BCUT2D eigenvalue weighted by Gasteiger charge is -2.32. The molecule has 4 atom stereocenters. The van der Waals surface area contributed by atoms with Gasteiger partial charge in [-0.25, -0.2) is 5.43 Å². The van der Waals surface area contributed by atoms with Crippen molar-refractivity contribution in [2.75, 3.05) is 19.6 Å². The Kier molecular flexibility index (Phi) is 5.16. The van der Waals surface area contributed by atoms with Gasteiger partial charge < -0.3 is 10.2 Å². The van der Waals surface area contributed by atoms with Crippen molar-refractivity contribution in [1.82, 2.24) is 26.1 Å². The molecule has 126 valence electrons. The number of fused-ring (bicyclic) bond motifs is 1. The summed E-state index contributed by atoms with van der Waals surface area (Å²) in [6, 6.07) is 4.56. The number of pyridine rings is 1. The average Bonchev–Trinajstić information content (AvgIpc) is 3.22. The number of halogens is 1. The maximum Gasteiger partial charge on any atom is 0.241 e. The molecule has 6 nitrogen and oxygen atoms in total. The van der Waals surface area contributed by atoms with Crippen molar-refractivity contribution in [3.8, 4) is 0 Å². The van der Waals surface area contributed by atoms with Gasteiger partial charge in [-0.3, -0.25) is 15.2 Å². The van der Waals surface area contributed by atoms with Gasteiger partial charge in [-0.2, -0.15) is 0 Å². The molecule has 1 amide bonds. The van der Waals surface area contributed by atoms with E-state index in [1.807, 2.05) is 24.5 Å². The zero-order chi connectivity index (χ0) is 14.9. The number of carbonyl (C=O) groups is 1. The maximum absolute atomic E-state index is 13.1. The lowest BCUT2D eigenvalue weighted by atomic mass is 9.88. The van der Waals surface area contributed by atoms with Crippen LogP contribution in [0.5, 0.6) is 0 Å². The Labute approximate surface area is 142 Å². The van der Waals surface area contributed by atoms with Crippen molar-refractivity contribution in [3.05, 3.63) is 30.1 Å². The third-order valence-electron chi connectivity index (χ3n) is 5.27. The molecule has 0 spiro atoms. The van der Waals surface area contributed by atoms with Crippen molar-refractivity contribution in [3.63, 3.8) is 0 Å². The van der Waals surface area contributed by atoms with Crippen LogP contribution in [-0.2, 0) is 4.79 Å². The second-order valence-electron chi connectivity index (χ2n) is 6.50. The van der Waals surface area contributed by atoms with Gasteiger partial charge in [0.2, 0.25) is 5.91 Å². The van der Waals surface area contributed by atoms with E-state index in [1.165, 1.54) is 5.56 Å². The van der Waals surface area contributed by atoms with Crippen LogP contribution >= 0.6 is 12.4 Å². The first-order chi connectivity index (χ1) is 10.8. The third-order valence-corrected chi connectivity index (χ3v) is 5.27. The van der Waals surface area contributed by atoms with E-state index < -0.39 is 0 Å². The molecule has 0 aromatic carbocycles. The molecule has 1 aromatic rings. The summed E-state index contributed by atoms with van der Waals surface area (Å²) in [4.78, 5) is 19.2. The molecule has 1 aromatic heterocycles. The lowest BCUT2D eigenvalue weighted by Crippen LogP contribution is -2.50. The Morgan fingerprint density at radius 1 is 1.22 bits per heavy atom. The van der Waals surface area contributed by atoms with Crippen LogP contribution in [-0.4, -0.2) is 47.5 Å². The minimum atomic E-state index is -0.111. The molecular weight excluding hydrogens is 314 g/mol. The van der Waals surface area contributed by atoms with Gasteiger partial charge in [-0.15, -0.1) is 12.4 Å². The Balaban J connectivity index is 0.00000156. The fourth-order valence-electron chi connectivity index (χ4n) is 4.10. The fourth-order valence-corrected chi connectivity index (χ4v) is 4.10. The van der Waals surface area contributed by atoms with Crippen LogP contribution in [0, 0.1) is 5.92 Å². The second kappa shape index (κ2) is 7.13. The highest BCUT2D eigenvalue weighted by molar-refractivity contribution is 5.85. The summed E-state index contributed by atoms with van der Waals surface area (Å²) in [5.74, 6) is 0.586. The number of amides is 1. The number of piperidine rings is 1. The first-order valence-corrected chi connectivity index (χ1v) is 8.27. The number of nitrogens with one attached hydrogen (secondary N) is 3. The van der Waals surface area contributed by atoms with E-state index in [1.54, 1.807) is 0 Å². The molecule has 4 heterocycles. The molecule has 3 N–H and O–H groups in total. The van der Waals surface area contributed by atoms with E-state index in [0.717, 1.165) is 38.9 Å². The van der Waals surface area contributed by atoms with E-state index in [0.29, 0.717) is 12.0 Å². The third kappa shape index (κ3) is 3.08. The smallest absolute Gasteiger partial charge is 0.241 e. The van der Waals surface area contributed by atoms with E-state index in [2.05, 4.69) is 26.1 Å². The van der Waals surface area contributed by atoms with Gasteiger partial charge in [0.25, 0.3) is 0 Å². The quantitative estimate of drug-likeness (QED) is 0.738. The van der Waals surface area contributed by atoms with Crippen LogP contribution in [0.2, 0.25) is 0 Å². The van der Waals surface area contributed by atoms with Crippen LogP contribution in [0.25, 0.3) is 0 Å². The first kappa shape index (κ1) is 16.6. The topological polar surface area (TPSA) is 69.3 Å². The summed E-state index contributed by atoms with van der Waals surface area (Å²) >= 11 is 0. The Morgan fingerprint density at radius 3 is 2.87 bits per heavy atom. The Morgan fingerprint density at radius 2 is 2.04 bits per heavy atom. The van der Waals surface area contributed by atoms with Crippen LogP contribution in [0.1, 0.15) is 30.9 Å². The molecule has 4 unspecified atom stereocenters. The van der Waals surface area contributed by atoms with Crippen molar-refractivity contribution < 1.29 is 4.79 Å². The normalized spacial score (nSPS) is 33.1. The van der Waals surface area contributed by atoms with Gasteiger partial charge in [0.15, 0.2) is 0 Å². The lowest BCUT2D eigenvalue weighted by molar-refractivity contribution is -0.135. The number of rotatable bonds is 2. The highest BCUT2D eigenvalue weighted by Gasteiger charge is 2.44. The molecule has 0 radical (unpaired) electrons. The van der Waals surface area contributed by atoms with Gasteiger partial charge in [-0.1, -0.05) is 0 Å². The number of aromatic nitrogens is 1. The fraction of sp³-hybridized carbons (Fsp3) is 0.625. The van der Waals surface area contributed by atoms with Gasteiger partial charge in [0, 0.05) is 37.4 Å². The molecule has 3 aliphatic heterocycles. The van der Waals surface area contributed by atoms with Gasteiger partial charge in [-0.05, 0) is 43.5 Å². The zero-order valence-electron chi connectivity index (χ0n) is 13.1. The summed E-state index contributed by atoms with van der Waals surface area (Å²) in [5.41, 5.74) is 7.77. The minimum absolute atomic E-state index is 0. The highest BCUT2D eigenvalue weighted by atomic mass is 35.5. The van der Waals surface area contributed by atoms with Crippen molar-refractivity contribution in [2.24, 2.45) is 5.92 Å². The molecule has 23 heavy (non-hydrogen) atoms. The van der Waals surface area contributed by atoms with Crippen LogP contribution in [0.3, 0.4) is 0 Å². The minimum Gasteiger partial charge on any atom is -0.334 e. The largest absolute Gasteiger partial charge is 0.334 e. The summed E-state index contributed by atoms with van der Waals surface area (Å²) in [6.45, 7) is 2.80. The van der Waals surface area contributed by atoms with Crippen molar-refractivity contribution >= 4 is 18.3 Å². The highest BCUT2D eigenvalue weighted by Crippen LogP contribution is 2.33. The second-order valence-corrected chi connectivity index (χ2v) is 6.50. The van der Waals surface area contributed by atoms with E-state index in [9.17, 15) is 4.79 Å². The Bertz CT molecular complexity index is 543. The first-order valence-electron chi connectivity index (χ1n) is 8.27. The summed E-state index contributed by atoms with van der Waals surface area (Å²) in [6.07, 6.45) is 6.82. The SMILES string of the molecule is Cl.O=C(C1NNC2CCNCC21)N1CCCC1c1ccncc1. The standard InChI is InChI=1S/C16H23N5O.ClH/c22-16(15-12-10-18-8-5-13(12)19-20-15)21-9-1-2-14(21)11-3-6-17-7-4-11;/h3-4,6-7,12-15,18-20H,1-2,5,8-10H2;1H. The van der Waals surface area contributed by atoms with E-state index in [4.69, 9.17) is 0 Å². The van der Waals surface area contributed by atoms with Crippen LogP contribution in [0.4, 0.5) is 0 Å². The molecule has 3 saturated heterocycles. The number of likely N-dealkylation sites (tertiary alicyclic amines) is 1. The average molecular weight is 338 g/mol. The van der Waals surface area contributed by atoms with Crippen LogP contribution in [0.15, 0.2) is 24.5 Å². The molecular formula is C16H24ClN5O.